The van der Waals surface area contributed by atoms with Gasteiger partial charge in [-0.25, -0.2) is 0 Å². The van der Waals surface area contributed by atoms with E-state index in [4.69, 9.17) is 5.11 Å². The number of rotatable bonds is 3. The van der Waals surface area contributed by atoms with Crippen LogP contribution in [0.2, 0.25) is 0 Å². The molecule has 4 nitrogen and oxygen atoms in total. The van der Waals surface area contributed by atoms with Gasteiger partial charge in [-0.3, -0.25) is 4.79 Å². The minimum absolute atomic E-state index is 0.00935. The lowest BCUT2D eigenvalue weighted by molar-refractivity contribution is 0.287. The molecule has 0 fully saturated rings. The van der Waals surface area contributed by atoms with Gasteiger partial charge in [0.25, 0.3) is 5.56 Å². The number of nitrogens with zero attached hydrogens (tertiary/aromatic N) is 1. The van der Waals surface area contributed by atoms with Gasteiger partial charge >= 0.3 is 0 Å². The highest BCUT2D eigenvalue weighted by Crippen LogP contribution is 2.26. The van der Waals surface area contributed by atoms with Crippen LogP contribution in [0.3, 0.4) is 0 Å². The normalized spacial score (nSPS) is 10.9. The van der Waals surface area contributed by atoms with E-state index in [1.807, 2.05) is 12.1 Å². The minimum Gasteiger partial charge on any atom is -0.507 e. The first-order chi connectivity index (χ1) is 8.16. The summed E-state index contributed by atoms with van der Waals surface area (Å²) in [6, 6.07) is 7.23. The van der Waals surface area contributed by atoms with Gasteiger partial charge in [-0.2, -0.15) is 0 Å². The van der Waals surface area contributed by atoms with Crippen LogP contribution < -0.4 is 5.56 Å². The summed E-state index contributed by atoms with van der Waals surface area (Å²) in [6.45, 7) is 0.00935. The van der Waals surface area contributed by atoms with E-state index < -0.39 is 0 Å². The first-order valence-electron chi connectivity index (χ1n) is 5.57. The molecule has 4 heteroatoms. The van der Waals surface area contributed by atoms with Crippen molar-refractivity contribution in [2.45, 2.75) is 12.8 Å². The number of benzene rings is 1. The highest BCUT2D eigenvalue weighted by molar-refractivity contribution is 5.86. The average molecular weight is 233 g/mol. The van der Waals surface area contributed by atoms with Gasteiger partial charge in [0.2, 0.25) is 0 Å². The Morgan fingerprint density at radius 3 is 2.71 bits per heavy atom. The summed E-state index contributed by atoms with van der Waals surface area (Å²) in [5, 5.41) is 19.6. The number of aromatic hydroxyl groups is 1. The van der Waals surface area contributed by atoms with Gasteiger partial charge in [-0.1, -0.05) is 12.1 Å². The van der Waals surface area contributed by atoms with E-state index in [1.165, 1.54) is 4.57 Å². The Morgan fingerprint density at radius 2 is 2.00 bits per heavy atom. The van der Waals surface area contributed by atoms with E-state index in [-0.39, 0.29) is 17.9 Å². The fourth-order valence-corrected chi connectivity index (χ4v) is 2.02. The molecule has 90 valence electrons. The van der Waals surface area contributed by atoms with Crippen molar-refractivity contribution in [2.24, 2.45) is 7.05 Å². The topological polar surface area (TPSA) is 62.5 Å². The van der Waals surface area contributed by atoms with Gasteiger partial charge < -0.3 is 14.8 Å². The van der Waals surface area contributed by atoms with Crippen LogP contribution in [0.25, 0.3) is 10.9 Å². The molecule has 0 radical (unpaired) electrons. The van der Waals surface area contributed by atoms with Gasteiger partial charge in [0.05, 0.1) is 11.1 Å². The van der Waals surface area contributed by atoms with Crippen molar-refractivity contribution in [3.05, 3.63) is 40.2 Å². The fraction of sp³-hybridized carbons (Fsp3) is 0.308. The van der Waals surface area contributed by atoms with E-state index in [9.17, 15) is 9.90 Å². The summed E-state index contributed by atoms with van der Waals surface area (Å²) in [4.78, 5) is 12.0. The van der Waals surface area contributed by atoms with Crippen molar-refractivity contribution in [1.29, 1.82) is 0 Å². The molecule has 0 saturated heterocycles. The highest BCUT2D eigenvalue weighted by Gasteiger charge is 2.13. The molecule has 0 saturated carbocycles. The zero-order valence-corrected chi connectivity index (χ0v) is 9.68. The lowest BCUT2D eigenvalue weighted by Gasteiger charge is -2.11. The molecule has 0 aliphatic heterocycles. The molecule has 2 N–H and O–H groups in total. The molecule has 0 bridgehead atoms. The second-order valence-electron chi connectivity index (χ2n) is 4.04. The van der Waals surface area contributed by atoms with Gasteiger partial charge in [0, 0.05) is 19.0 Å². The zero-order chi connectivity index (χ0) is 12.4. The van der Waals surface area contributed by atoms with E-state index in [1.54, 1.807) is 19.2 Å². The van der Waals surface area contributed by atoms with Crippen LogP contribution in [0, 0.1) is 0 Å². The van der Waals surface area contributed by atoms with Crippen LogP contribution in [0.15, 0.2) is 29.1 Å². The molecule has 0 unspecified atom stereocenters. The summed E-state index contributed by atoms with van der Waals surface area (Å²) >= 11 is 0. The third-order valence-corrected chi connectivity index (χ3v) is 2.95. The number of fused-ring (bicyclic) bond motifs is 1. The van der Waals surface area contributed by atoms with Crippen LogP contribution in [0.4, 0.5) is 0 Å². The van der Waals surface area contributed by atoms with E-state index >= 15 is 0 Å². The Hall–Kier alpha value is -1.81. The largest absolute Gasteiger partial charge is 0.507 e. The molecule has 17 heavy (non-hydrogen) atoms. The molecular formula is C13H15NO3. The van der Waals surface area contributed by atoms with Crippen molar-refractivity contribution >= 4 is 10.9 Å². The van der Waals surface area contributed by atoms with Crippen LogP contribution in [0.5, 0.6) is 5.75 Å². The first kappa shape index (κ1) is 11.7. The summed E-state index contributed by atoms with van der Waals surface area (Å²) < 4.78 is 1.53. The zero-order valence-electron chi connectivity index (χ0n) is 9.68. The maximum atomic E-state index is 12.0. The Balaban J connectivity index is 2.73. The molecule has 1 heterocycles. The summed E-state index contributed by atoms with van der Waals surface area (Å²) in [6.07, 6.45) is 0.862. The van der Waals surface area contributed by atoms with Crippen molar-refractivity contribution < 1.29 is 10.2 Å². The van der Waals surface area contributed by atoms with Crippen molar-refractivity contribution in [3.63, 3.8) is 0 Å². The summed E-state index contributed by atoms with van der Waals surface area (Å²) in [5.41, 5.74) is 0.887. The standard InChI is InChI=1S/C13H15NO3/c1-14-11-7-3-2-5-9(11)12(16)10(13(14)17)6-4-8-15/h2-3,5,7,15-16H,4,6,8H2,1H3. The number of aliphatic hydroxyl groups is 1. The van der Waals surface area contributed by atoms with Gasteiger partial charge in [-0.05, 0) is 25.0 Å². The third kappa shape index (κ3) is 1.91. The summed E-state index contributed by atoms with van der Waals surface area (Å²) in [7, 11) is 1.69. The van der Waals surface area contributed by atoms with Gasteiger partial charge in [-0.15, -0.1) is 0 Å². The van der Waals surface area contributed by atoms with Crippen LogP contribution >= 0.6 is 0 Å². The highest BCUT2D eigenvalue weighted by atomic mass is 16.3. The van der Waals surface area contributed by atoms with Crippen molar-refractivity contribution in [2.75, 3.05) is 6.61 Å². The number of aromatic nitrogens is 1. The fourth-order valence-electron chi connectivity index (χ4n) is 2.02. The molecule has 2 aromatic rings. The Kier molecular flexibility index (Phi) is 3.15. The predicted molar refractivity (Wildman–Crippen MR) is 66.3 cm³/mol. The van der Waals surface area contributed by atoms with E-state index in [0.717, 1.165) is 0 Å². The Labute approximate surface area is 98.8 Å². The molecule has 0 atom stereocenters. The second kappa shape index (κ2) is 4.59. The number of hydrogen-bond donors (Lipinski definition) is 2. The monoisotopic (exact) mass is 233 g/mol. The SMILES string of the molecule is Cn1c(=O)c(CCCO)c(O)c2ccccc21. The van der Waals surface area contributed by atoms with E-state index in [2.05, 4.69) is 0 Å². The number of hydrogen-bond acceptors (Lipinski definition) is 3. The van der Waals surface area contributed by atoms with Crippen LogP contribution in [-0.2, 0) is 13.5 Å². The number of para-hydroxylation sites is 1. The van der Waals surface area contributed by atoms with Crippen molar-refractivity contribution in [3.8, 4) is 5.75 Å². The predicted octanol–water partition coefficient (Wildman–Crippen LogP) is 1.17. The van der Waals surface area contributed by atoms with Crippen LogP contribution in [-0.4, -0.2) is 21.4 Å². The molecular weight excluding hydrogens is 218 g/mol. The lowest BCUT2D eigenvalue weighted by Crippen LogP contribution is -2.21. The maximum absolute atomic E-state index is 12.0. The first-order valence-corrected chi connectivity index (χ1v) is 5.57. The van der Waals surface area contributed by atoms with Gasteiger partial charge in [0.1, 0.15) is 5.75 Å². The lowest BCUT2D eigenvalue weighted by atomic mass is 10.1. The Bertz CT molecular complexity index is 601. The average Bonchev–Trinajstić information content (AvgIpc) is 2.36. The molecule has 0 aliphatic rings. The molecule has 0 spiro atoms. The third-order valence-electron chi connectivity index (χ3n) is 2.95. The molecule has 0 amide bonds. The molecule has 1 aromatic heterocycles. The Morgan fingerprint density at radius 1 is 1.29 bits per heavy atom. The minimum atomic E-state index is -0.199. The quantitative estimate of drug-likeness (QED) is 0.836. The number of aryl methyl sites for hydroxylation is 1. The molecule has 1 aromatic carbocycles. The maximum Gasteiger partial charge on any atom is 0.257 e. The number of pyridine rings is 1. The summed E-state index contributed by atoms with van der Waals surface area (Å²) in [5.74, 6) is 0.0390. The molecule has 0 aliphatic carbocycles. The van der Waals surface area contributed by atoms with Crippen LogP contribution in [0.1, 0.15) is 12.0 Å². The number of aliphatic hydroxyl groups excluding tert-OH is 1. The smallest absolute Gasteiger partial charge is 0.257 e. The van der Waals surface area contributed by atoms with E-state index in [0.29, 0.717) is 29.3 Å². The molecule has 2 rings (SSSR count). The second-order valence-corrected chi connectivity index (χ2v) is 4.04. The van der Waals surface area contributed by atoms with Gasteiger partial charge in [0.15, 0.2) is 0 Å². The van der Waals surface area contributed by atoms with Crippen molar-refractivity contribution in [1.82, 2.24) is 4.57 Å².